The third-order valence-electron chi connectivity index (χ3n) is 4.88. The molecule has 7 nitrogen and oxygen atoms in total. The number of aliphatic carboxylic acids is 1. The largest absolute Gasteiger partial charge is 0.481 e. The van der Waals surface area contributed by atoms with Crippen LogP contribution in [0, 0.1) is 5.41 Å². The molecule has 152 valence electrons. The Morgan fingerprint density at radius 1 is 1.45 bits per heavy atom. The number of nitrogens with zero attached hydrogens (tertiary/aromatic N) is 4. The topological polar surface area (TPSA) is 100 Å². The van der Waals surface area contributed by atoms with Crippen molar-refractivity contribution >= 4 is 28.8 Å². The van der Waals surface area contributed by atoms with E-state index in [-0.39, 0.29) is 17.7 Å². The van der Waals surface area contributed by atoms with Crippen LogP contribution < -0.4 is 5.32 Å². The quantitative estimate of drug-likeness (QED) is 0.593. The number of carboxylic acid groups (broad SMARTS) is 1. The standard InChI is InChI=1S/C20H22FN5O2S/c1-3-14(21)18(22-4-2)20(8-5-9-20)12-24-16-7-6-15(25-26-16)19-23-11-13(29-19)10-17(27)28/h3-4,6-7,11H,2,5,8-10,12H2,1H3,(H,24,26)(H,27,28)/b14-3+,22-18?. The highest BCUT2D eigenvalue weighted by Gasteiger charge is 2.43. The molecule has 1 fully saturated rings. The number of nitrogens with one attached hydrogen (secondary N) is 1. The van der Waals surface area contributed by atoms with Crippen molar-refractivity contribution in [1.82, 2.24) is 15.2 Å². The van der Waals surface area contributed by atoms with E-state index in [9.17, 15) is 9.18 Å². The lowest BCUT2D eigenvalue weighted by atomic mass is 9.65. The van der Waals surface area contributed by atoms with Crippen molar-refractivity contribution in [3.63, 3.8) is 0 Å². The number of hydrogen-bond acceptors (Lipinski definition) is 7. The maximum atomic E-state index is 14.3. The summed E-state index contributed by atoms with van der Waals surface area (Å²) in [7, 11) is 0. The van der Waals surface area contributed by atoms with Crippen molar-refractivity contribution in [2.75, 3.05) is 11.9 Å². The molecule has 29 heavy (non-hydrogen) atoms. The van der Waals surface area contributed by atoms with Gasteiger partial charge in [-0.3, -0.25) is 9.79 Å². The predicted molar refractivity (Wildman–Crippen MR) is 112 cm³/mol. The summed E-state index contributed by atoms with van der Waals surface area (Å²) in [6.07, 6.45) is 6.96. The smallest absolute Gasteiger partial charge is 0.308 e. The van der Waals surface area contributed by atoms with Gasteiger partial charge in [0.25, 0.3) is 0 Å². The minimum absolute atomic E-state index is 0.0653. The summed E-state index contributed by atoms with van der Waals surface area (Å²) in [5.41, 5.74) is 0.614. The number of anilines is 1. The molecule has 0 spiro atoms. The highest BCUT2D eigenvalue weighted by molar-refractivity contribution is 7.15. The van der Waals surface area contributed by atoms with Crippen LogP contribution >= 0.6 is 11.3 Å². The molecule has 0 bridgehead atoms. The fraction of sp³-hybridized carbons (Fsp3) is 0.350. The van der Waals surface area contributed by atoms with Crippen molar-refractivity contribution in [2.24, 2.45) is 10.4 Å². The Labute approximate surface area is 172 Å². The highest BCUT2D eigenvalue weighted by Crippen LogP contribution is 2.44. The summed E-state index contributed by atoms with van der Waals surface area (Å²) in [4.78, 5) is 19.8. The fourth-order valence-electron chi connectivity index (χ4n) is 3.24. The Kier molecular flexibility index (Phi) is 6.48. The molecule has 1 saturated carbocycles. The van der Waals surface area contributed by atoms with Gasteiger partial charge in [-0.1, -0.05) is 13.0 Å². The SMILES string of the molecule is C=CN=C(/C(F)=C\C)C1(CNc2ccc(-c3ncc(CC(=O)O)s3)nn2)CCC1. The first kappa shape index (κ1) is 20.8. The van der Waals surface area contributed by atoms with E-state index in [1.54, 1.807) is 25.3 Å². The Balaban J connectivity index is 1.69. The predicted octanol–water partition coefficient (Wildman–Crippen LogP) is 4.27. The maximum absolute atomic E-state index is 14.3. The Morgan fingerprint density at radius 3 is 2.79 bits per heavy atom. The average Bonchev–Trinajstić information content (AvgIpc) is 3.13. The third-order valence-corrected chi connectivity index (χ3v) is 5.90. The van der Waals surface area contributed by atoms with Crippen LogP contribution in [0.5, 0.6) is 0 Å². The maximum Gasteiger partial charge on any atom is 0.308 e. The van der Waals surface area contributed by atoms with E-state index in [0.717, 1.165) is 19.3 Å². The molecular weight excluding hydrogens is 393 g/mol. The summed E-state index contributed by atoms with van der Waals surface area (Å²) in [6, 6.07) is 3.56. The third kappa shape index (κ3) is 4.73. The van der Waals surface area contributed by atoms with Crippen LogP contribution in [0.4, 0.5) is 10.2 Å². The molecule has 2 heterocycles. The monoisotopic (exact) mass is 415 g/mol. The zero-order valence-corrected chi connectivity index (χ0v) is 16.9. The van der Waals surface area contributed by atoms with E-state index < -0.39 is 5.97 Å². The highest BCUT2D eigenvalue weighted by atomic mass is 32.1. The van der Waals surface area contributed by atoms with E-state index in [0.29, 0.717) is 33.7 Å². The van der Waals surface area contributed by atoms with Crippen LogP contribution in [0.1, 0.15) is 31.1 Å². The van der Waals surface area contributed by atoms with Gasteiger partial charge >= 0.3 is 5.97 Å². The van der Waals surface area contributed by atoms with E-state index >= 15 is 0 Å². The van der Waals surface area contributed by atoms with Crippen LogP contribution in [0.3, 0.4) is 0 Å². The fourth-order valence-corrected chi connectivity index (χ4v) is 4.11. The molecule has 0 unspecified atom stereocenters. The lowest BCUT2D eigenvalue weighted by Gasteiger charge is -2.42. The molecule has 1 aliphatic carbocycles. The van der Waals surface area contributed by atoms with Gasteiger partial charge in [0.2, 0.25) is 0 Å². The number of halogens is 1. The summed E-state index contributed by atoms with van der Waals surface area (Å²) in [5.74, 6) is -0.653. The first-order valence-corrected chi connectivity index (χ1v) is 10.0. The Bertz CT molecular complexity index is 948. The molecule has 0 aliphatic heterocycles. The summed E-state index contributed by atoms with van der Waals surface area (Å²) in [5, 5.41) is 21.1. The Morgan fingerprint density at radius 2 is 2.24 bits per heavy atom. The molecule has 2 N–H and O–H groups in total. The van der Waals surface area contributed by atoms with E-state index in [2.05, 4.69) is 32.1 Å². The van der Waals surface area contributed by atoms with Crippen molar-refractivity contribution < 1.29 is 14.3 Å². The van der Waals surface area contributed by atoms with Gasteiger partial charge in [-0.15, -0.1) is 21.5 Å². The number of hydrogen-bond donors (Lipinski definition) is 2. The van der Waals surface area contributed by atoms with Crippen LogP contribution in [0.15, 0.2) is 48.0 Å². The summed E-state index contributed by atoms with van der Waals surface area (Å²) >= 11 is 1.28. The van der Waals surface area contributed by atoms with Crippen molar-refractivity contribution in [1.29, 1.82) is 0 Å². The van der Waals surface area contributed by atoms with Crippen LogP contribution in [-0.2, 0) is 11.2 Å². The molecule has 0 radical (unpaired) electrons. The molecule has 0 amide bonds. The lowest BCUT2D eigenvalue weighted by Crippen LogP contribution is -2.44. The number of carboxylic acids is 1. The second kappa shape index (κ2) is 9.04. The number of allylic oxidation sites excluding steroid dienone is 2. The van der Waals surface area contributed by atoms with Gasteiger partial charge in [-0.25, -0.2) is 9.37 Å². The van der Waals surface area contributed by atoms with Gasteiger partial charge in [0, 0.05) is 29.2 Å². The molecule has 0 saturated heterocycles. The van der Waals surface area contributed by atoms with Gasteiger partial charge in [-0.05, 0) is 38.0 Å². The number of aliphatic imine (C=N–C) groups is 1. The number of aromatic nitrogens is 3. The zero-order valence-electron chi connectivity index (χ0n) is 16.1. The van der Waals surface area contributed by atoms with Crippen LogP contribution in [0.25, 0.3) is 10.7 Å². The van der Waals surface area contributed by atoms with Gasteiger partial charge in [-0.2, -0.15) is 0 Å². The molecule has 2 aromatic rings. The first-order chi connectivity index (χ1) is 14.0. The van der Waals surface area contributed by atoms with Crippen LogP contribution in [-0.4, -0.2) is 38.5 Å². The second-order valence-corrected chi connectivity index (χ2v) is 7.91. The van der Waals surface area contributed by atoms with Crippen molar-refractivity contribution in [2.45, 2.75) is 32.6 Å². The molecule has 2 aromatic heterocycles. The number of carbonyl (C=O) groups is 1. The number of rotatable bonds is 9. The van der Waals surface area contributed by atoms with E-state index in [1.165, 1.54) is 23.6 Å². The molecule has 9 heteroatoms. The van der Waals surface area contributed by atoms with Gasteiger partial charge in [0.05, 0.1) is 12.1 Å². The van der Waals surface area contributed by atoms with E-state index in [4.69, 9.17) is 5.11 Å². The van der Waals surface area contributed by atoms with E-state index in [1.807, 2.05) is 0 Å². The van der Waals surface area contributed by atoms with Crippen LogP contribution in [0.2, 0.25) is 0 Å². The number of thiazole rings is 1. The van der Waals surface area contributed by atoms with Gasteiger partial charge < -0.3 is 10.4 Å². The molecule has 1 aliphatic rings. The summed E-state index contributed by atoms with van der Waals surface area (Å²) < 4.78 is 14.3. The zero-order chi connectivity index (χ0) is 20.9. The average molecular weight is 415 g/mol. The first-order valence-electron chi connectivity index (χ1n) is 9.23. The van der Waals surface area contributed by atoms with Crippen molar-refractivity contribution in [3.05, 3.63) is 47.9 Å². The molecular formula is C20H22FN5O2S. The minimum Gasteiger partial charge on any atom is -0.481 e. The van der Waals surface area contributed by atoms with Gasteiger partial charge in [0.15, 0.2) is 0 Å². The summed E-state index contributed by atoms with van der Waals surface area (Å²) in [6.45, 7) is 5.75. The Hall–Kier alpha value is -2.94. The lowest BCUT2D eigenvalue weighted by molar-refractivity contribution is -0.136. The normalized spacial score (nSPS) is 16.2. The molecule has 0 atom stereocenters. The minimum atomic E-state index is -0.899. The van der Waals surface area contributed by atoms with Gasteiger partial charge in [0.1, 0.15) is 22.3 Å². The molecule has 3 rings (SSSR count). The van der Waals surface area contributed by atoms with Crippen molar-refractivity contribution in [3.8, 4) is 10.7 Å². The second-order valence-electron chi connectivity index (χ2n) is 6.79. The molecule has 0 aromatic carbocycles.